The Labute approximate surface area is 138 Å². The number of aromatic nitrogens is 1. The van der Waals surface area contributed by atoms with E-state index in [2.05, 4.69) is 20.9 Å². The molecular weight excluding hydrogens is 316 g/mol. The monoisotopic (exact) mass is 336 g/mol. The van der Waals surface area contributed by atoms with Crippen LogP contribution in [-0.2, 0) is 16.1 Å². The molecule has 8 heteroatoms. The van der Waals surface area contributed by atoms with Gasteiger partial charge in [0.25, 0.3) is 0 Å². The molecule has 0 aliphatic rings. The Morgan fingerprint density at radius 1 is 1.35 bits per heavy atom. The van der Waals surface area contributed by atoms with Gasteiger partial charge in [-0.2, -0.15) is 0 Å². The Kier molecular flexibility index (Phi) is 6.30. The van der Waals surface area contributed by atoms with Gasteiger partial charge in [0, 0.05) is 18.7 Å². The molecule has 23 heavy (non-hydrogen) atoms. The number of carbonyl (C=O) groups is 2. The van der Waals surface area contributed by atoms with Crippen LogP contribution in [-0.4, -0.2) is 30.4 Å². The molecule has 0 radical (unpaired) electrons. The van der Waals surface area contributed by atoms with Crippen molar-refractivity contribution in [3.05, 3.63) is 23.3 Å². The summed E-state index contributed by atoms with van der Waals surface area (Å²) in [5.41, 5.74) is 0.662. The van der Waals surface area contributed by atoms with E-state index in [0.717, 1.165) is 13.0 Å². The minimum atomic E-state index is -0.111. The molecule has 0 atom stereocenters. The van der Waals surface area contributed by atoms with Crippen LogP contribution in [0.1, 0.15) is 25.5 Å². The second kappa shape index (κ2) is 8.44. The van der Waals surface area contributed by atoms with Crippen LogP contribution in [0.3, 0.4) is 0 Å². The highest BCUT2D eigenvalue weighted by molar-refractivity contribution is 7.14. The van der Waals surface area contributed by atoms with E-state index in [0.29, 0.717) is 35.3 Å². The van der Waals surface area contributed by atoms with Crippen LogP contribution in [0.15, 0.2) is 21.9 Å². The lowest BCUT2D eigenvalue weighted by Crippen LogP contribution is -2.18. The topological polar surface area (TPSA) is 96.3 Å². The molecule has 2 aromatic rings. The van der Waals surface area contributed by atoms with Gasteiger partial charge in [-0.1, -0.05) is 0 Å². The van der Waals surface area contributed by atoms with Gasteiger partial charge in [-0.3, -0.25) is 9.59 Å². The summed E-state index contributed by atoms with van der Waals surface area (Å²) in [6, 6.07) is 3.59. The fourth-order valence-corrected chi connectivity index (χ4v) is 2.59. The van der Waals surface area contributed by atoms with Crippen molar-refractivity contribution in [2.75, 3.05) is 18.9 Å². The highest BCUT2D eigenvalue weighted by atomic mass is 32.1. The maximum Gasteiger partial charge on any atom is 0.226 e. The summed E-state index contributed by atoms with van der Waals surface area (Å²) in [5.74, 6) is 1.10. The Hall–Kier alpha value is -2.19. The number of nitrogens with one attached hydrogen (secondary N) is 3. The maximum absolute atomic E-state index is 11.8. The quantitative estimate of drug-likeness (QED) is 0.641. The Morgan fingerprint density at radius 2 is 2.17 bits per heavy atom. The molecule has 0 unspecified atom stereocenters. The third-order valence-corrected chi connectivity index (χ3v) is 3.76. The number of anilines is 1. The predicted octanol–water partition coefficient (Wildman–Crippen LogP) is 1.98. The molecule has 2 amide bonds. The fourth-order valence-electron chi connectivity index (χ4n) is 1.87. The number of thiazole rings is 1. The van der Waals surface area contributed by atoms with Gasteiger partial charge in [-0.25, -0.2) is 4.98 Å². The van der Waals surface area contributed by atoms with Crippen molar-refractivity contribution in [2.45, 2.75) is 26.3 Å². The average molecular weight is 336 g/mol. The molecule has 0 fully saturated rings. The van der Waals surface area contributed by atoms with Crippen molar-refractivity contribution >= 4 is 28.3 Å². The van der Waals surface area contributed by atoms with Crippen LogP contribution < -0.4 is 16.0 Å². The molecule has 0 spiro atoms. The first-order valence-corrected chi connectivity index (χ1v) is 8.20. The summed E-state index contributed by atoms with van der Waals surface area (Å²) in [5, 5.41) is 10.8. The zero-order valence-corrected chi connectivity index (χ0v) is 14.0. The number of furan rings is 1. The van der Waals surface area contributed by atoms with Gasteiger partial charge in [0.1, 0.15) is 11.5 Å². The minimum absolute atomic E-state index is 0.0491. The van der Waals surface area contributed by atoms with Crippen LogP contribution in [0, 0.1) is 0 Å². The highest BCUT2D eigenvalue weighted by Crippen LogP contribution is 2.26. The molecule has 0 saturated heterocycles. The van der Waals surface area contributed by atoms with Gasteiger partial charge < -0.3 is 20.4 Å². The standard InChI is InChI=1S/C15H20N4O3S/c1-10(20)17-8-11-5-6-13(22-11)12-9-23-15(18-12)19-14(21)4-3-7-16-2/h5-6,9,16H,3-4,7-8H2,1-2H3,(H,17,20)(H,18,19,21). The largest absolute Gasteiger partial charge is 0.458 e. The van der Waals surface area contributed by atoms with Gasteiger partial charge in [0.2, 0.25) is 11.8 Å². The van der Waals surface area contributed by atoms with E-state index < -0.39 is 0 Å². The van der Waals surface area contributed by atoms with E-state index in [1.807, 2.05) is 12.4 Å². The molecule has 0 aliphatic carbocycles. The van der Waals surface area contributed by atoms with E-state index in [1.54, 1.807) is 12.1 Å². The van der Waals surface area contributed by atoms with Gasteiger partial charge in [0.05, 0.1) is 6.54 Å². The van der Waals surface area contributed by atoms with Crippen molar-refractivity contribution in [1.29, 1.82) is 0 Å². The van der Waals surface area contributed by atoms with Crippen LogP contribution in [0.25, 0.3) is 11.5 Å². The van der Waals surface area contributed by atoms with E-state index >= 15 is 0 Å². The average Bonchev–Trinajstić information content (AvgIpc) is 3.14. The summed E-state index contributed by atoms with van der Waals surface area (Å²) in [4.78, 5) is 27.0. The third-order valence-electron chi connectivity index (χ3n) is 3.01. The zero-order valence-electron chi connectivity index (χ0n) is 13.1. The number of hydrogen-bond donors (Lipinski definition) is 3. The molecule has 0 bridgehead atoms. The third kappa shape index (κ3) is 5.50. The molecule has 0 aromatic carbocycles. The molecule has 124 valence electrons. The van der Waals surface area contributed by atoms with E-state index in [1.165, 1.54) is 18.3 Å². The van der Waals surface area contributed by atoms with E-state index in [4.69, 9.17) is 4.42 Å². The summed E-state index contributed by atoms with van der Waals surface area (Å²) in [6.45, 7) is 2.60. The van der Waals surface area contributed by atoms with Crippen molar-refractivity contribution in [1.82, 2.24) is 15.6 Å². The summed E-state index contributed by atoms with van der Waals surface area (Å²) < 4.78 is 5.63. The van der Waals surface area contributed by atoms with Gasteiger partial charge >= 0.3 is 0 Å². The first-order valence-electron chi connectivity index (χ1n) is 7.32. The summed E-state index contributed by atoms with van der Waals surface area (Å²) in [6.07, 6.45) is 1.24. The highest BCUT2D eigenvalue weighted by Gasteiger charge is 2.11. The fraction of sp³-hybridized carbons (Fsp3) is 0.400. The number of nitrogens with zero attached hydrogens (tertiary/aromatic N) is 1. The number of rotatable bonds is 8. The van der Waals surface area contributed by atoms with Gasteiger partial charge in [-0.15, -0.1) is 11.3 Å². The lowest BCUT2D eigenvalue weighted by Gasteiger charge is -2.01. The molecular formula is C15H20N4O3S. The molecule has 2 rings (SSSR count). The number of carbonyl (C=O) groups excluding carboxylic acids is 2. The maximum atomic E-state index is 11.8. The normalized spacial score (nSPS) is 10.5. The predicted molar refractivity (Wildman–Crippen MR) is 89.1 cm³/mol. The molecule has 0 aliphatic heterocycles. The zero-order chi connectivity index (χ0) is 16.7. The van der Waals surface area contributed by atoms with Gasteiger partial charge in [0.15, 0.2) is 10.9 Å². The summed E-state index contributed by atoms with van der Waals surface area (Å²) >= 11 is 1.35. The molecule has 2 aromatic heterocycles. The Bertz CT molecular complexity index is 665. The first kappa shape index (κ1) is 17.2. The van der Waals surface area contributed by atoms with Crippen molar-refractivity contribution < 1.29 is 14.0 Å². The Morgan fingerprint density at radius 3 is 2.91 bits per heavy atom. The Balaban J connectivity index is 1.91. The molecule has 2 heterocycles. The van der Waals surface area contributed by atoms with Crippen molar-refractivity contribution in [2.24, 2.45) is 0 Å². The summed E-state index contributed by atoms with van der Waals surface area (Å²) in [7, 11) is 1.86. The molecule has 3 N–H and O–H groups in total. The minimum Gasteiger partial charge on any atom is -0.458 e. The molecule has 0 saturated carbocycles. The van der Waals surface area contributed by atoms with E-state index in [9.17, 15) is 9.59 Å². The van der Waals surface area contributed by atoms with Crippen LogP contribution in [0.4, 0.5) is 5.13 Å². The van der Waals surface area contributed by atoms with Crippen molar-refractivity contribution in [3.63, 3.8) is 0 Å². The lowest BCUT2D eigenvalue weighted by atomic mass is 10.3. The van der Waals surface area contributed by atoms with Crippen LogP contribution >= 0.6 is 11.3 Å². The second-order valence-corrected chi connectivity index (χ2v) is 5.83. The number of hydrogen-bond acceptors (Lipinski definition) is 6. The lowest BCUT2D eigenvalue weighted by molar-refractivity contribution is -0.119. The SMILES string of the molecule is CNCCCC(=O)Nc1nc(-c2ccc(CNC(C)=O)o2)cs1. The number of amides is 2. The van der Waals surface area contributed by atoms with Crippen LogP contribution in [0.2, 0.25) is 0 Å². The first-order chi connectivity index (χ1) is 11.1. The van der Waals surface area contributed by atoms with E-state index in [-0.39, 0.29) is 11.8 Å². The molecule has 7 nitrogen and oxygen atoms in total. The second-order valence-electron chi connectivity index (χ2n) is 4.97. The van der Waals surface area contributed by atoms with Gasteiger partial charge in [-0.05, 0) is 32.1 Å². The van der Waals surface area contributed by atoms with Crippen LogP contribution in [0.5, 0.6) is 0 Å². The van der Waals surface area contributed by atoms with Crippen molar-refractivity contribution in [3.8, 4) is 11.5 Å². The smallest absolute Gasteiger partial charge is 0.226 e.